The molecule has 3 aromatic carbocycles. The van der Waals surface area contributed by atoms with E-state index in [1.807, 2.05) is 72.6 Å². The summed E-state index contributed by atoms with van der Waals surface area (Å²) in [6, 6.07) is 13.9. The molecular formula is C40H43Cl2N5O4. The fourth-order valence-corrected chi connectivity index (χ4v) is 8.39. The van der Waals surface area contributed by atoms with E-state index in [1.165, 1.54) is 0 Å². The van der Waals surface area contributed by atoms with E-state index in [2.05, 4.69) is 23.6 Å². The average molecular weight is 729 g/mol. The van der Waals surface area contributed by atoms with Gasteiger partial charge in [0.25, 0.3) is 5.91 Å². The van der Waals surface area contributed by atoms with E-state index in [0.29, 0.717) is 49.8 Å². The number of carboxylic acids is 1. The van der Waals surface area contributed by atoms with E-state index in [0.717, 1.165) is 97.1 Å². The molecule has 0 bridgehead atoms. The van der Waals surface area contributed by atoms with E-state index in [-0.39, 0.29) is 12.5 Å². The Morgan fingerprint density at radius 1 is 0.961 bits per heavy atom. The van der Waals surface area contributed by atoms with Crippen molar-refractivity contribution in [2.75, 3.05) is 36.0 Å². The third-order valence-electron chi connectivity index (χ3n) is 10.4. The van der Waals surface area contributed by atoms with Crippen molar-refractivity contribution >= 4 is 57.4 Å². The smallest absolute Gasteiger partial charge is 0.323 e. The third-order valence-corrected chi connectivity index (χ3v) is 11.3. The number of benzene rings is 3. The molecule has 1 N–H and O–H groups in total. The summed E-state index contributed by atoms with van der Waals surface area (Å²) in [4.78, 5) is 30.3. The Labute approximate surface area is 308 Å². The number of carboxylic acid groups (broad SMARTS) is 1. The minimum absolute atomic E-state index is 0.0415. The number of anilines is 2. The molecule has 0 saturated heterocycles. The summed E-state index contributed by atoms with van der Waals surface area (Å²) in [6.45, 7) is 10.3. The van der Waals surface area contributed by atoms with E-state index in [9.17, 15) is 14.7 Å². The van der Waals surface area contributed by atoms with Gasteiger partial charge in [0.15, 0.2) is 0 Å². The van der Waals surface area contributed by atoms with Gasteiger partial charge < -0.3 is 24.2 Å². The second-order valence-corrected chi connectivity index (χ2v) is 14.6. The first kappa shape index (κ1) is 35.0. The number of aryl methyl sites for hydroxylation is 7. The summed E-state index contributed by atoms with van der Waals surface area (Å²) in [6.07, 6.45) is 3.78. The second kappa shape index (κ2) is 13.9. The number of carbonyl (C=O) groups is 2. The summed E-state index contributed by atoms with van der Waals surface area (Å²) < 4.78 is 10.3. The molecule has 0 aliphatic carbocycles. The molecule has 4 heterocycles. The zero-order valence-corrected chi connectivity index (χ0v) is 31.3. The third kappa shape index (κ3) is 6.35. The normalized spacial score (nSPS) is 14.5. The van der Waals surface area contributed by atoms with Crippen molar-refractivity contribution in [3.63, 3.8) is 0 Å². The van der Waals surface area contributed by atoms with Gasteiger partial charge in [-0.2, -0.15) is 5.10 Å². The Morgan fingerprint density at radius 3 is 2.43 bits per heavy atom. The Balaban J connectivity index is 1.31. The maximum Gasteiger partial charge on any atom is 0.323 e. The molecule has 2 aliphatic heterocycles. The van der Waals surface area contributed by atoms with Crippen LogP contribution in [0.4, 0.5) is 11.4 Å². The zero-order valence-electron chi connectivity index (χ0n) is 29.8. The molecule has 266 valence electrons. The minimum Gasteiger partial charge on any atom is -0.494 e. The lowest BCUT2D eigenvalue weighted by Crippen LogP contribution is -2.35. The van der Waals surface area contributed by atoms with E-state index < -0.39 is 5.97 Å². The van der Waals surface area contributed by atoms with Gasteiger partial charge in [-0.1, -0.05) is 29.3 Å². The van der Waals surface area contributed by atoms with Gasteiger partial charge in [-0.05, 0) is 118 Å². The van der Waals surface area contributed by atoms with Crippen LogP contribution in [-0.2, 0) is 31.2 Å². The molecule has 0 saturated carbocycles. The second-order valence-electron chi connectivity index (χ2n) is 13.8. The van der Waals surface area contributed by atoms with Gasteiger partial charge in [0.2, 0.25) is 0 Å². The molecular weight excluding hydrogens is 685 g/mol. The van der Waals surface area contributed by atoms with Gasteiger partial charge in [-0.3, -0.25) is 14.3 Å². The minimum atomic E-state index is -0.852. The molecule has 0 radical (unpaired) electrons. The first-order chi connectivity index (χ1) is 24.4. The number of fused-ring (bicyclic) bond motifs is 4. The van der Waals surface area contributed by atoms with E-state index >= 15 is 0 Å². The largest absolute Gasteiger partial charge is 0.494 e. The number of nitrogens with zero attached hydrogens (tertiary/aromatic N) is 5. The fraction of sp³-hybridized carbons (Fsp3) is 0.375. The first-order valence-corrected chi connectivity index (χ1v) is 18.3. The Kier molecular flexibility index (Phi) is 9.54. The van der Waals surface area contributed by atoms with Crippen molar-refractivity contribution in [1.82, 2.24) is 14.3 Å². The van der Waals surface area contributed by atoms with Crippen molar-refractivity contribution in [2.24, 2.45) is 7.05 Å². The van der Waals surface area contributed by atoms with Gasteiger partial charge in [-0.15, -0.1) is 0 Å². The maximum atomic E-state index is 15.0. The van der Waals surface area contributed by atoms with Gasteiger partial charge in [0.05, 0.1) is 22.8 Å². The average Bonchev–Trinajstić information content (AvgIpc) is 3.46. The predicted molar refractivity (Wildman–Crippen MR) is 204 cm³/mol. The summed E-state index contributed by atoms with van der Waals surface area (Å²) >= 11 is 13.5. The SMILES string of the molecule is Cc1cc(OCCCc2c3n(c4c(-c5c(C)nn(C)c5C)c(Cl)ccc24)CCCN(c2ccc4c(c2)CCCN4CC(=O)O)C3=O)cc(C)c1Cl. The monoisotopic (exact) mass is 727 g/mol. The van der Waals surface area contributed by atoms with E-state index in [1.54, 1.807) is 0 Å². The lowest BCUT2D eigenvalue weighted by Gasteiger charge is -2.31. The van der Waals surface area contributed by atoms with Crippen molar-refractivity contribution < 1.29 is 19.4 Å². The van der Waals surface area contributed by atoms with Crippen LogP contribution in [0, 0.1) is 27.7 Å². The topological polar surface area (TPSA) is 92.8 Å². The molecule has 0 atom stereocenters. The molecule has 2 aromatic heterocycles. The lowest BCUT2D eigenvalue weighted by molar-refractivity contribution is -0.135. The molecule has 1 amide bonds. The standard InChI is InChI=1S/C40H43Cl2N5O4/c1-23-19-29(20-24(2)37(23)42)51-18-7-10-30-31-12-13-32(41)36(35-25(3)43-44(5)26(35)4)38(31)47-17-8-16-46(40(50)39(30)47)28-11-14-33-27(21-28)9-6-15-45(33)22-34(48)49/h11-14,19-21H,6-10,15-18,22H2,1-5H3,(H,48,49). The van der Waals surface area contributed by atoms with E-state index in [4.69, 9.17) is 33.0 Å². The van der Waals surface area contributed by atoms with Crippen LogP contribution >= 0.6 is 23.2 Å². The molecule has 0 unspecified atom stereocenters. The Hall–Kier alpha value is -4.47. The number of aliphatic carboxylic acids is 1. The molecule has 51 heavy (non-hydrogen) atoms. The zero-order chi connectivity index (χ0) is 36.1. The van der Waals surface area contributed by atoms with Crippen LogP contribution in [-0.4, -0.2) is 57.6 Å². The predicted octanol–water partition coefficient (Wildman–Crippen LogP) is 8.48. The Bertz CT molecular complexity index is 2180. The van der Waals surface area contributed by atoms with Crippen LogP contribution in [0.1, 0.15) is 63.4 Å². The molecule has 7 rings (SSSR count). The highest BCUT2D eigenvalue weighted by molar-refractivity contribution is 6.35. The van der Waals surface area contributed by atoms with Crippen LogP contribution < -0.4 is 14.5 Å². The molecule has 2 aliphatic rings. The number of carbonyl (C=O) groups excluding carboxylic acids is 1. The number of aromatic nitrogens is 3. The number of ether oxygens (including phenoxy) is 1. The summed E-state index contributed by atoms with van der Waals surface area (Å²) in [7, 11) is 1.94. The number of rotatable bonds is 9. The first-order valence-electron chi connectivity index (χ1n) is 17.6. The van der Waals surface area contributed by atoms with Crippen LogP contribution in [0.3, 0.4) is 0 Å². The van der Waals surface area contributed by atoms with Gasteiger partial charge in [0, 0.05) is 65.3 Å². The van der Waals surface area contributed by atoms with Crippen LogP contribution in [0.25, 0.3) is 22.0 Å². The van der Waals surface area contributed by atoms with Crippen LogP contribution in [0.15, 0.2) is 42.5 Å². The molecule has 9 nitrogen and oxygen atoms in total. The highest BCUT2D eigenvalue weighted by Gasteiger charge is 2.33. The van der Waals surface area contributed by atoms with Gasteiger partial charge in [-0.25, -0.2) is 0 Å². The van der Waals surface area contributed by atoms with Crippen LogP contribution in [0.5, 0.6) is 5.75 Å². The highest BCUT2D eigenvalue weighted by atomic mass is 35.5. The molecule has 11 heteroatoms. The highest BCUT2D eigenvalue weighted by Crippen LogP contribution is 2.43. The Morgan fingerprint density at radius 2 is 1.73 bits per heavy atom. The van der Waals surface area contributed by atoms with Gasteiger partial charge >= 0.3 is 5.97 Å². The number of halogens is 2. The maximum absolute atomic E-state index is 15.0. The molecule has 0 spiro atoms. The summed E-state index contributed by atoms with van der Waals surface area (Å²) in [5.74, 6) is -0.124. The molecule has 5 aromatic rings. The van der Waals surface area contributed by atoms with Gasteiger partial charge in [0.1, 0.15) is 18.0 Å². The number of amides is 1. The van der Waals surface area contributed by atoms with Crippen molar-refractivity contribution in [3.05, 3.63) is 91.8 Å². The number of hydrogen-bond acceptors (Lipinski definition) is 5. The van der Waals surface area contributed by atoms with Crippen molar-refractivity contribution in [2.45, 2.75) is 66.3 Å². The molecule has 0 fully saturated rings. The van der Waals surface area contributed by atoms with Crippen molar-refractivity contribution in [1.29, 1.82) is 0 Å². The fourth-order valence-electron chi connectivity index (χ4n) is 8.04. The van der Waals surface area contributed by atoms with Crippen molar-refractivity contribution in [3.8, 4) is 16.9 Å². The number of hydrogen-bond donors (Lipinski definition) is 1. The quantitative estimate of drug-likeness (QED) is 0.153. The van der Waals surface area contributed by atoms with Crippen LogP contribution in [0.2, 0.25) is 10.0 Å². The lowest BCUT2D eigenvalue weighted by atomic mass is 9.98. The summed E-state index contributed by atoms with van der Waals surface area (Å²) in [5.41, 5.74) is 11.2. The summed E-state index contributed by atoms with van der Waals surface area (Å²) in [5, 5.41) is 16.6.